The number of para-hydroxylation sites is 1. The van der Waals surface area contributed by atoms with Crippen LogP contribution in [0.2, 0.25) is 5.02 Å². The number of aryl methyl sites for hydroxylation is 1. The molecule has 1 heterocycles. The number of amides is 2. The van der Waals surface area contributed by atoms with Gasteiger partial charge in [-0.15, -0.1) is 0 Å². The number of aliphatic hydroxyl groups excluding tert-OH is 1. The van der Waals surface area contributed by atoms with Crippen LogP contribution in [0.1, 0.15) is 12.0 Å². The van der Waals surface area contributed by atoms with E-state index < -0.39 is 24.1 Å². The number of aliphatic hydroxyl groups is 1. The number of carboxylic acids is 1. The van der Waals surface area contributed by atoms with E-state index in [2.05, 4.69) is 5.32 Å². The van der Waals surface area contributed by atoms with Crippen LogP contribution in [0.4, 0.5) is 10.5 Å². The summed E-state index contributed by atoms with van der Waals surface area (Å²) in [6.07, 6.45) is -0.793. The number of hydrogen-bond donors (Lipinski definition) is 3. The molecule has 0 spiro atoms. The molecule has 3 N–H and O–H groups in total. The van der Waals surface area contributed by atoms with Crippen molar-refractivity contribution in [3.63, 3.8) is 0 Å². The lowest BCUT2D eigenvalue weighted by Gasteiger charge is -2.22. The molecule has 0 aliphatic carbocycles. The first kappa shape index (κ1) is 14.6. The molecule has 2 atom stereocenters. The summed E-state index contributed by atoms with van der Waals surface area (Å²) < 4.78 is 0. The van der Waals surface area contributed by atoms with Gasteiger partial charge in [-0.25, -0.2) is 9.59 Å². The Morgan fingerprint density at radius 1 is 1.45 bits per heavy atom. The molecule has 1 aromatic rings. The molecule has 7 heteroatoms. The number of carbonyl (C=O) groups excluding carboxylic acids is 1. The van der Waals surface area contributed by atoms with Crippen molar-refractivity contribution < 1.29 is 19.8 Å². The number of benzene rings is 1. The maximum absolute atomic E-state index is 12.2. The largest absolute Gasteiger partial charge is 0.480 e. The Morgan fingerprint density at radius 3 is 2.75 bits per heavy atom. The Kier molecular flexibility index (Phi) is 4.15. The van der Waals surface area contributed by atoms with Crippen molar-refractivity contribution in [2.45, 2.75) is 25.5 Å². The van der Waals surface area contributed by atoms with E-state index in [1.54, 1.807) is 25.1 Å². The second kappa shape index (κ2) is 5.68. The van der Waals surface area contributed by atoms with Crippen molar-refractivity contribution >= 4 is 29.3 Å². The second-order valence-corrected chi connectivity index (χ2v) is 5.17. The molecular formula is C13H15ClN2O4. The number of urea groups is 1. The normalized spacial score (nSPS) is 21.9. The summed E-state index contributed by atoms with van der Waals surface area (Å²) in [7, 11) is 0. The molecule has 108 valence electrons. The van der Waals surface area contributed by atoms with Gasteiger partial charge in [0.25, 0.3) is 0 Å². The highest BCUT2D eigenvalue weighted by Gasteiger charge is 2.39. The molecule has 20 heavy (non-hydrogen) atoms. The quantitative estimate of drug-likeness (QED) is 0.775. The Hall–Kier alpha value is -1.79. The first-order valence-electron chi connectivity index (χ1n) is 6.13. The van der Waals surface area contributed by atoms with Crippen LogP contribution in [-0.4, -0.2) is 45.8 Å². The summed E-state index contributed by atoms with van der Waals surface area (Å²) in [6.45, 7) is 1.78. The van der Waals surface area contributed by atoms with E-state index in [0.717, 1.165) is 10.5 Å². The minimum atomic E-state index is -1.13. The first-order chi connectivity index (χ1) is 9.40. The van der Waals surface area contributed by atoms with Crippen LogP contribution in [0.15, 0.2) is 18.2 Å². The predicted octanol–water partition coefficient (Wildman–Crippen LogP) is 1.70. The number of likely N-dealkylation sites (tertiary alicyclic amines) is 1. The molecule has 1 aromatic carbocycles. The number of nitrogens with one attached hydrogen (secondary N) is 1. The average molecular weight is 299 g/mol. The first-order valence-corrected chi connectivity index (χ1v) is 6.51. The molecule has 2 rings (SSSR count). The van der Waals surface area contributed by atoms with Crippen molar-refractivity contribution in [3.05, 3.63) is 28.8 Å². The van der Waals surface area contributed by atoms with Gasteiger partial charge in [-0.2, -0.15) is 0 Å². The molecule has 0 aromatic heterocycles. The molecule has 0 saturated carbocycles. The van der Waals surface area contributed by atoms with Crippen LogP contribution in [-0.2, 0) is 4.79 Å². The molecule has 2 amide bonds. The number of anilines is 1. The molecular weight excluding hydrogens is 284 g/mol. The third-order valence-electron chi connectivity index (χ3n) is 3.28. The highest BCUT2D eigenvalue weighted by atomic mass is 35.5. The number of nitrogens with zero attached hydrogens (tertiary/aromatic N) is 1. The summed E-state index contributed by atoms with van der Waals surface area (Å²) in [5.41, 5.74) is 1.22. The molecule has 6 nitrogen and oxygen atoms in total. The number of carbonyl (C=O) groups is 2. The second-order valence-electron chi connectivity index (χ2n) is 4.76. The molecule has 0 radical (unpaired) electrons. The van der Waals surface area contributed by atoms with Crippen molar-refractivity contribution in [3.8, 4) is 0 Å². The number of aliphatic carboxylic acids is 1. The topological polar surface area (TPSA) is 89.9 Å². The van der Waals surface area contributed by atoms with E-state index in [0.29, 0.717) is 10.7 Å². The van der Waals surface area contributed by atoms with Gasteiger partial charge in [-0.1, -0.05) is 23.7 Å². The van der Waals surface area contributed by atoms with E-state index in [4.69, 9.17) is 16.7 Å². The lowest BCUT2D eigenvalue weighted by molar-refractivity contribution is -0.141. The molecule has 0 unspecified atom stereocenters. The van der Waals surface area contributed by atoms with E-state index in [1.165, 1.54) is 0 Å². The zero-order valence-corrected chi connectivity index (χ0v) is 11.6. The van der Waals surface area contributed by atoms with Crippen LogP contribution in [0.25, 0.3) is 0 Å². The Labute approximate surface area is 121 Å². The molecule has 1 saturated heterocycles. The van der Waals surface area contributed by atoms with E-state index in [1.807, 2.05) is 0 Å². The summed E-state index contributed by atoms with van der Waals surface area (Å²) in [6, 6.07) is 3.58. The molecule has 1 aliphatic rings. The fourth-order valence-corrected chi connectivity index (χ4v) is 2.51. The van der Waals surface area contributed by atoms with Crippen molar-refractivity contribution in [2.75, 3.05) is 11.9 Å². The van der Waals surface area contributed by atoms with Gasteiger partial charge in [0.15, 0.2) is 0 Å². The lowest BCUT2D eigenvalue weighted by Crippen LogP contribution is -2.43. The third-order valence-corrected chi connectivity index (χ3v) is 3.59. The maximum atomic E-state index is 12.2. The van der Waals surface area contributed by atoms with Crippen molar-refractivity contribution in [2.24, 2.45) is 0 Å². The molecule has 1 aliphatic heterocycles. The van der Waals surface area contributed by atoms with Crippen molar-refractivity contribution in [1.82, 2.24) is 4.90 Å². The highest BCUT2D eigenvalue weighted by Crippen LogP contribution is 2.27. The minimum Gasteiger partial charge on any atom is -0.480 e. The fourth-order valence-electron chi connectivity index (χ4n) is 2.24. The fraction of sp³-hybridized carbons (Fsp3) is 0.385. The summed E-state index contributed by atoms with van der Waals surface area (Å²) >= 11 is 6.01. The average Bonchev–Trinajstić information content (AvgIpc) is 2.76. The van der Waals surface area contributed by atoms with Gasteiger partial charge >= 0.3 is 12.0 Å². The van der Waals surface area contributed by atoms with Gasteiger partial charge in [0.2, 0.25) is 0 Å². The number of hydrogen-bond acceptors (Lipinski definition) is 3. The van der Waals surface area contributed by atoms with Gasteiger partial charge in [-0.05, 0) is 18.6 Å². The van der Waals surface area contributed by atoms with E-state index in [9.17, 15) is 14.7 Å². The van der Waals surface area contributed by atoms with Crippen LogP contribution < -0.4 is 5.32 Å². The molecule has 1 fully saturated rings. The number of carboxylic acid groups (broad SMARTS) is 1. The predicted molar refractivity (Wildman–Crippen MR) is 74.0 cm³/mol. The van der Waals surface area contributed by atoms with Crippen LogP contribution in [0, 0.1) is 6.92 Å². The van der Waals surface area contributed by atoms with Gasteiger partial charge in [0.1, 0.15) is 6.04 Å². The van der Waals surface area contributed by atoms with Crippen molar-refractivity contribution in [1.29, 1.82) is 0 Å². The SMILES string of the molecule is Cc1cccc(Cl)c1NC(=O)N1C[C@H](O)C[C@@H]1C(=O)O. The van der Waals surface area contributed by atoms with Gasteiger partial charge < -0.3 is 20.4 Å². The Bertz CT molecular complexity index is 529. The lowest BCUT2D eigenvalue weighted by atomic mass is 10.2. The van der Waals surface area contributed by atoms with Crippen LogP contribution in [0.3, 0.4) is 0 Å². The monoisotopic (exact) mass is 298 g/mol. The number of β-amino-alcohol motifs (C(OH)–C–C–N with tert-alkyl or cyclic N) is 1. The summed E-state index contributed by atoms with van der Waals surface area (Å²) in [4.78, 5) is 24.4. The van der Waals surface area contributed by atoms with E-state index in [-0.39, 0.29) is 13.0 Å². The van der Waals surface area contributed by atoms with Gasteiger partial charge in [0.05, 0.1) is 16.8 Å². The minimum absolute atomic E-state index is 0.00764. The number of rotatable bonds is 2. The third kappa shape index (κ3) is 2.86. The zero-order chi connectivity index (χ0) is 14.9. The summed E-state index contributed by atoms with van der Waals surface area (Å²) in [5, 5.41) is 21.6. The van der Waals surface area contributed by atoms with Gasteiger partial charge in [-0.3, -0.25) is 0 Å². The molecule has 0 bridgehead atoms. The zero-order valence-electron chi connectivity index (χ0n) is 10.8. The van der Waals surface area contributed by atoms with Crippen LogP contribution >= 0.6 is 11.6 Å². The Balaban J connectivity index is 2.18. The number of halogens is 1. The summed E-state index contributed by atoms with van der Waals surface area (Å²) in [5.74, 6) is -1.13. The van der Waals surface area contributed by atoms with E-state index >= 15 is 0 Å². The Morgan fingerprint density at radius 2 is 2.15 bits per heavy atom. The van der Waals surface area contributed by atoms with Gasteiger partial charge in [0, 0.05) is 13.0 Å². The standard InChI is InChI=1S/C13H15ClN2O4/c1-7-3-2-4-9(14)11(7)15-13(20)16-6-8(17)5-10(16)12(18)19/h2-4,8,10,17H,5-6H2,1H3,(H,15,20)(H,18,19)/t8-,10-/m1/s1. The van der Waals surface area contributed by atoms with Crippen LogP contribution in [0.5, 0.6) is 0 Å². The smallest absolute Gasteiger partial charge is 0.326 e. The maximum Gasteiger partial charge on any atom is 0.326 e. The highest BCUT2D eigenvalue weighted by molar-refractivity contribution is 6.33.